The molecule has 2 aromatic carbocycles. The van der Waals surface area contributed by atoms with Crippen LogP contribution >= 0.6 is 11.6 Å². The molecule has 0 spiro atoms. The van der Waals surface area contributed by atoms with Gasteiger partial charge in [0.25, 0.3) is 0 Å². The van der Waals surface area contributed by atoms with E-state index in [4.69, 9.17) is 16.1 Å². The molecule has 0 saturated carbocycles. The number of anilines is 1. The molecule has 0 amide bonds. The van der Waals surface area contributed by atoms with Crippen LogP contribution in [0.2, 0.25) is 5.02 Å². The topological polar surface area (TPSA) is 33.7 Å². The Morgan fingerprint density at radius 1 is 1.15 bits per heavy atom. The minimum Gasteiger partial charge on any atom is -0.360 e. The Morgan fingerprint density at radius 3 is 2.59 bits per heavy atom. The number of halogens is 2. The first-order valence-electron chi connectivity index (χ1n) is 9.15. The highest BCUT2D eigenvalue weighted by Crippen LogP contribution is 2.25. The van der Waals surface area contributed by atoms with Gasteiger partial charge in [0, 0.05) is 21.8 Å². The highest BCUT2D eigenvalue weighted by molar-refractivity contribution is 6.30. The summed E-state index contributed by atoms with van der Waals surface area (Å²) < 4.78 is 18.7. The molecule has 140 valence electrons. The molecular formula is C21H22ClFN3O+. The Morgan fingerprint density at radius 2 is 1.89 bits per heavy atom. The smallest absolute Gasteiger partial charge is 0.170 e. The first kappa shape index (κ1) is 18.0. The summed E-state index contributed by atoms with van der Waals surface area (Å²) in [5.74, 6) is 0.472. The lowest BCUT2D eigenvalue weighted by Gasteiger charge is -2.33. The van der Waals surface area contributed by atoms with Crippen molar-refractivity contribution < 1.29 is 13.8 Å². The second kappa shape index (κ2) is 7.71. The lowest BCUT2D eigenvalue weighted by molar-refractivity contribution is -0.914. The molecular weight excluding hydrogens is 365 g/mol. The third-order valence-corrected chi connectivity index (χ3v) is 5.42. The Kier molecular flexibility index (Phi) is 5.14. The number of aromatic nitrogens is 1. The van der Waals surface area contributed by atoms with E-state index >= 15 is 0 Å². The second-order valence-electron chi connectivity index (χ2n) is 6.98. The van der Waals surface area contributed by atoms with Crippen LogP contribution in [-0.2, 0) is 6.54 Å². The summed E-state index contributed by atoms with van der Waals surface area (Å²) in [4.78, 5) is 3.85. The van der Waals surface area contributed by atoms with Gasteiger partial charge in [-0.1, -0.05) is 22.8 Å². The van der Waals surface area contributed by atoms with E-state index in [1.807, 2.05) is 25.1 Å². The summed E-state index contributed by atoms with van der Waals surface area (Å²) in [6.07, 6.45) is 0. The maximum absolute atomic E-state index is 13.1. The molecule has 1 aliphatic rings. The fraction of sp³-hybridized carbons (Fsp3) is 0.286. The largest absolute Gasteiger partial charge is 0.360 e. The molecule has 0 atom stereocenters. The van der Waals surface area contributed by atoms with E-state index in [0.29, 0.717) is 0 Å². The van der Waals surface area contributed by atoms with Crippen molar-refractivity contribution in [2.45, 2.75) is 13.5 Å². The molecule has 0 bridgehead atoms. The van der Waals surface area contributed by atoms with Crippen molar-refractivity contribution in [3.63, 3.8) is 0 Å². The van der Waals surface area contributed by atoms with Crippen molar-refractivity contribution >= 4 is 17.3 Å². The molecule has 3 aromatic rings. The minimum atomic E-state index is -0.252. The molecule has 1 saturated heterocycles. The van der Waals surface area contributed by atoms with Gasteiger partial charge < -0.3 is 14.3 Å². The normalized spacial score (nSPS) is 15.3. The number of benzene rings is 2. The van der Waals surface area contributed by atoms with E-state index in [9.17, 15) is 4.39 Å². The van der Waals surface area contributed by atoms with Crippen molar-refractivity contribution in [1.29, 1.82) is 0 Å². The number of hydrogen-bond acceptors (Lipinski definition) is 3. The van der Waals surface area contributed by atoms with Crippen molar-refractivity contribution in [3.8, 4) is 11.3 Å². The highest BCUT2D eigenvalue weighted by Gasteiger charge is 2.23. The number of rotatable bonds is 4. The fourth-order valence-electron chi connectivity index (χ4n) is 3.57. The van der Waals surface area contributed by atoms with Crippen molar-refractivity contribution in [1.82, 2.24) is 5.16 Å². The molecule has 1 fully saturated rings. The van der Waals surface area contributed by atoms with E-state index in [-0.39, 0.29) is 5.82 Å². The van der Waals surface area contributed by atoms with E-state index in [1.165, 1.54) is 22.7 Å². The van der Waals surface area contributed by atoms with Crippen LogP contribution in [0.4, 0.5) is 10.1 Å². The Balaban J connectivity index is 1.40. The van der Waals surface area contributed by atoms with E-state index in [2.05, 4.69) is 16.1 Å². The molecule has 6 heteroatoms. The fourth-order valence-corrected chi connectivity index (χ4v) is 3.76. The zero-order chi connectivity index (χ0) is 18.8. The predicted molar refractivity (Wildman–Crippen MR) is 105 cm³/mol. The summed E-state index contributed by atoms with van der Waals surface area (Å²) >= 11 is 6.11. The molecule has 4 rings (SSSR count). The van der Waals surface area contributed by atoms with E-state index in [0.717, 1.165) is 60.3 Å². The van der Waals surface area contributed by atoms with E-state index in [1.54, 1.807) is 12.1 Å². The lowest BCUT2D eigenvalue weighted by Crippen LogP contribution is -3.13. The molecule has 0 aliphatic carbocycles. The van der Waals surface area contributed by atoms with Crippen molar-refractivity contribution in [2.24, 2.45) is 0 Å². The third-order valence-electron chi connectivity index (χ3n) is 5.19. The van der Waals surface area contributed by atoms with Crippen LogP contribution in [0.25, 0.3) is 11.3 Å². The zero-order valence-corrected chi connectivity index (χ0v) is 16.0. The Bertz CT molecular complexity index is 917. The molecule has 27 heavy (non-hydrogen) atoms. The van der Waals surface area contributed by atoms with Gasteiger partial charge in [-0.25, -0.2) is 4.39 Å². The van der Waals surface area contributed by atoms with Gasteiger partial charge in [0.05, 0.1) is 26.2 Å². The molecule has 1 aromatic heterocycles. The van der Waals surface area contributed by atoms with Gasteiger partial charge in [0.15, 0.2) is 5.76 Å². The first-order valence-corrected chi connectivity index (χ1v) is 9.53. The monoisotopic (exact) mass is 386 g/mol. The van der Waals surface area contributed by atoms with Crippen LogP contribution in [-0.4, -0.2) is 31.3 Å². The van der Waals surface area contributed by atoms with Gasteiger partial charge in [0.2, 0.25) is 0 Å². The quantitative estimate of drug-likeness (QED) is 0.746. The van der Waals surface area contributed by atoms with Gasteiger partial charge in [-0.3, -0.25) is 0 Å². The maximum Gasteiger partial charge on any atom is 0.170 e. The van der Waals surface area contributed by atoms with Crippen LogP contribution in [0, 0.1) is 12.7 Å². The summed E-state index contributed by atoms with van der Waals surface area (Å²) in [5.41, 5.74) is 4.04. The first-order chi connectivity index (χ1) is 13.1. The molecule has 0 radical (unpaired) electrons. The minimum absolute atomic E-state index is 0.252. The lowest BCUT2D eigenvalue weighted by atomic mass is 10.1. The summed E-state index contributed by atoms with van der Waals surface area (Å²) in [6, 6.07) is 14.4. The number of quaternary nitrogens is 1. The standard InChI is InChI=1S/C21H21ClFN3O/c1-15-20(24-27-21(15)16-5-7-18(23)8-6-16)14-25-9-11-26(12-10-25)19-4-2-3-17(22)13-19/h2-8,13H,9-12,14H2,1H3/p+1. The van der Waals surface area contributed by atoms with Crippen molar-refractivity contribution in [2.75, 3.05) is 31.1 Å². The van der Waals surface area contributed by atoms with Gasteiger partial charge in [-0.15, -0.1) is 0 Å². The Hall–Kier alpha value is -2.37. The van der Waals surface area contributed by atoms with Crippen LogP contribution in [0.15, 0.2) is 53.1 Å². The Labute approximate surface area is 163 Å². The molecule has 1 aliphatic heterocycles. The number of nitrogens with one attached hydrogen (secondary N) is 1. The molecule has 4 nitrogen and oxygen atoms in total. The van der Waals surface area contributed by atoms with Crippen LogP contribution in [0.1, 0.15) is 11.3 Å². The van der Waals surface area contributed by atoms with Gasteiger partial charge in [0.1, 0.15) is 18.1 Å². The van der Waals surface area contributed by atoms with Gasteiger partial charge in [-0.05, 0) is 49.4 Å². The van der Waals surface area contributed by atoms with Crippen LogP contribution in [0.5, 0.6) is 0 Å². The number of nitrogens with zero attached hydrogens (tertiary/aromatic N) is 2. The van der Waals surface area contributed by atoms with Gasteiger partial charge in [-0.2, -0.15) is 0 Å². The summed E-state index contributed by atoms with van der Waals surface area (Å²) in [7, 11) is 0. The van der Waals surface area contributed by atoms with Crippen LogP contribution < -0.4 is 9.80 Å². The molecule has 1 N–H and O–H groups in total. The average molecular weight is 387 g/mol. The zero-order valence-electron chi connectivity index (χ0n) is 15.2. The van der Waals surface area contributed by atoms with Crippen LogP contribution in [0.3, 0.4) is 0 Å². The predicted octanol–water partition coefficient (Wildman–Crippen LogP) is 3.35. The number of piperazine rings is 1. The average Bonchev–Trinajstić information content (AvgIpc) is 3.03. The van der Waals surface area contributed by atoms with E-state index < -0.39 is 0 Å². The molecule has 0 unspecified atom stereocenters. The summed E-state index contributed by atoms with van der Waals surface area (Å²) in [6.45, 7) is 6.89. The van der Waals surface area contributed by atoms with Crippen molar-refractivity contribution in [3.05, 3.63) is 70.6 Å². The maximum atomic E-state index is 13.1. The SMILES string of the molecule is Cc1c(C[NH+]2CCN(c3cccc(Cl)c3)CC2)noc1-c1ccc(F)cc1. The van der Waals surface area contributed by atoms with Gasteiger partial charge >= 0.3 is 0 Å². The second-order valence-corrected chi connectivity index (χ2v) is 7.42. The highest BCUT2D eigenvalue weighted by atomic mass is 35.5. The summed E-state index contributed by atoms with van der Waals surface area (Å²) in [5, 5.41) is 5.05. The number of hydrogen-bond donors (Lipinski definition) is 1. The third kappa shape index (κ3) is 3.99. The molecule has 2 heterocycles.